The van der Waals surface area contributed by atoms with Gasteiger partial charge in [0.15, 0.2) is 0 Å². The van der Waals surface area contributed by atoms with Crippen LogP contribution in [0.15, 0.2) is 36.4 Å². The molecule has 2 aliphatic heterocycles. The third-order valence-corrected chi connectivity index (χ3v) is 10.9. The molecule has 332 valence electrons. The van der Waals surface area contributed by atoms with Crippen molar-refractivity contribution in [3.05, 3.63) is 47.5 Å². The first-order chi connectivity index (χ1) is 28.0. The molecule has 6 amide bonds. The van der Waals surface area contributed by atoms with Crippen molar-refractivity contribution in [1.82, 2.24) is 31.5 Å². The van der Waals surface area contributed by atoms with E-state index in [0.29, 0.717) is 6.42 Å². The third-order valence-electron chi connectivity index (χ3n) is 10.9. The number of carbonyl (C=O) groups excluding carboxylic acids is 6. The summed E-state index contributed by atoms with van der Waals surface area (Å²) < 4.78 is 6.00. The minimum absolute atomic E-state index is 0.0192. The van der Waals surface area contributed by atoms with Gasteiger partial charge in [-0.25, -0.2) is 4.79 Å². The van der Waals surface area contributed by atoms with Crippen LogP contribution in [0.4, 0.5) is 0 Å². The van der Waals surface area contributed by atoms with Gasteiger partial charge in [-0.2, -0.15) is 0 Å². The van der Waals surface area contributed by atoms with Crippen LogP contribution in [0.3, 0.4) is 0 Å². The second-order valence-corrected chi connectivity index (χ2v) is 17.3. The molecule has 2 saturated heterocycles. The summed E-state index contributed by atoms with van der Waals surface area (Å²) >= 11 is 0. The number of hydrogen-bond acceptors (Lipinski definition) is 9. The number of nitrogens with one attached hydrogen (secondary N) is 5. The maximum absolute atomic E-state index is 13.4. The van der Waals surface area contributed by atoms with E-state index >= 15 is 0 Å². The first-order valence-electron chi connectivity index (χ1n) is 20.7. The Morgan fingerprint density at radius 2 is 1.57 bits per heavy atom. The van der Waals surface area contributed by atoms with Crippen molar-refractivity contribution >= 4 is 47.4 Å². The Hall–Kier alpha value is -5.32. The number of ether oxygens (including phenoxy) is 1. The fourth-order valence-corrected chi connectivity index (χ4v) is 7.02. The first kappa shape index (κ1) is 49.0. The second kappa shape index (κ2) is 21.8. The minimum Gasteiger partial charge on any atom is -0.481 e. The Morgan fingerprint density at radius 1 is 0.917 bits per heavy atom. The van der Waals surface area contributed by atoms with Crippen LogP contribution in [0.1, 0.15) is 118 Å². The Bertz CT molecular complexity index is 1760. The van der Waals surface area contributed by atoms with Gasteiger partial charge in [-0.05, 0) is 88.3 Å². The van der Waals surface area contributed by atoms with Crippen molar-refractivity contribution < 1.29 is 53.3 Å². The zero-order chi connectivity index (χ0) is 45.1. The topological polar surface area (TPSA) is 253 Å². The molecule has 60 heavy (non-hydrogen) atoms. The largest absolute Gasteiger partial charge is 0.481 e. The minimum atomic E-state index is -1.33. The van der Waals surface area contributed by atoms with Gasteiger partial charge in [-0.3, -0.25) is 33.6 Å². The molecule has 6 unspecified atom stereocenters. The van der Waals surface area contributed by atoms with Crippen LogP contribution >= 0.6 is 0 Å². The lowest BCUT2D eigenvalue weighted by molar-refractivity contribution is -0.146. The number of rotatable bonds is 23. The molecule has 2 heterocycles. The maximum atomic E-state index is 13.4. The zero-order valence-corrected chi connectivity index (χ0v) is 36.2. The molecule has 0 saturated carbocycles. The molecule has 8 atom stereocenters. The van der Waals surface area contributed by atoms with Crippen molar-refractivity contribution in [2.45, 2.75) is 150 Å². The number of carboxylic acid groups (broad SMARTS) is 2. The maximum Gasteiger partial charge on any atom is 0.326 e. The summed E-state index contributed by atoms with van der Waals surface area (Å²) in [5.41, 5.74) is 0.486. The van der Waals surface area contributed by atoms with Crippen LogP contribution in [-0.2, 0) is 49.6 Å². The predicted molar refractivity (Wildman–Crippen MR) is 220 cm³/mol. The van der Waals surface area contributed by atoms with Crippen LogP contribution in [0.5, 0.6) is 0 Å². The highest BCUT2D eigenvalue weighted by molar-refractivity contribution is 5.97. The van der Waals surface area contributed by atoms with Gasteiger partial charge in [-0.1, -0.05) is 65.0 Å². The summed E-state index contributed by atoms with van der Waals surface area (Å²) in [6.07, 6.45) is 3.51. The molecule has 0 spiro atoms. The van der Waals surface area contributed by atoms with E-state index in [2.05, 4.69) is 33.5 Å². The lowest BCUT2D eigenvalue weighted by Gasteiger charge is -2.37. The van der Waals surface area contributed by atoms with Crippen LogP contribution in [0.25, 0.3) is 0 Å². The second-order valence-electron chi connectivity index (χ2n) is 17.3. The van der Waals surface area contributed by atoms with Gasteiger partial charge in [0, 0.05) is 19.4 Å². The van der Waals surface area contributed by atoms with Gasteiger partial charge in [0.05, 0.1) is 11.5 Å². The van der Waals surface area contributed by atoms with Gasteiger partial charge in [0.2, 0.25) is 35.4 Å². The van der Waals surface area contributed by atoms with Gasteiger partial charge in [0.1, 0.15) is 36.4 Å². The highest BCUT2D eigenvalue weighted by atomic mass is 16.6. The highest BCUT2D eigenvalue weighted by Gasteiger charge is 2.51. The van der Waals surface area contributed by atoms with Crippen molar-refractivity contribution in [3.8, 4) is 0 Å². The Kier molecular flexibility index (Phi) is 17.8. The number of hydrogen-bond donors (Lipinski definition) is 7. The number of epoxide rings is 1. The smallest absolute Gasteiger partial charge is 0.326 e. The van der Waals surface area contributed by atoms with E-state index < -0.39 is 83.1 Å². The van der Waals surface area contributed by atoms with Gasteiger partial charge < -0.3 is 46.4 Å². The molecule has 2 fully saturated rings. The van der Waals surface area contributed by atoms with Gasteiger partial charge in [-0.15, -0.1) is 0 Å². The quantitative estimate of drug-likeness (QED) is 0.0623. The van der Waals surface area contributed by atoms with E-state index in [0.717, 1.165) is 17.5 Å². The molecular weight excluding hydrogens is 777 g/mol. The average molecular weight is 841 g/mol. The Morgan fingerprint density at radius 3 is 2.15 bits per heavy atom. The summed E-state index contributed by atoms with van der Waals surface area (Å²) in [6, 6.07) is 3.94. The lowest BCUT2D eigenvalue weighted by Crippen LogP contribution is -2.58. The van der Waals surface area contributed by atoms with Crippen LogP contribution < -0.4 is 26.6 Å². The van der Waals surface area contributed by atoms with E-state index in [1.807, 2.05) is 38.1 Å². The van der Waals surface area contributed by atoms with E-state index in [1.165, 1.54) is 11.0 Å². The van der Waals surface area contributed by atoms with Crippen molar-refractivity contribution in [1.29, 1.82) is 0 Å². The summed E-state index contributed by atoms with van der Waals surface area (Å²) in [6.45, 7) is 15.8. The van der Waals surface area contributed by atoms with Crippen LogP contribution in [-0.4, -0.2) is 98.9 Å². The number of allylic oxidation sites excluding steroid dienone is 1. The van der Waals surface area contributed by atoms with Crippen molar-refractivity contribution in [3.63, 3.8) is 0 Å². The highest BCUT2D eigenvalue weighted by Crippen LogP contribution is 2.44. The number of benzene rings is 1. The van der Waals surface area contributed by atoms with Crippen LogP contribution in [0.2, 0.25) is 0 Å². The Labute approximate surface area is 352 Å². The van der Waals surface area contributed by atoms with E-state index in [-0.39, 0.29) is 62.2 Å². The molecule has 1 aromatic carbocycles. The molecular formula is C43H64N6O11. The lowest BCUT2D eigenvalue weighted by atomic mass is 9.86. The van der Waals surface area contributed by atoms with Crippen LogP contribution in [0, 0.1) is 23.2 Å². The molecule has 2 aliphatic rings. The average Bonchev–Trinajstić information content (AvgIpc) is 3.91. The third kappa shape index (κ3) is 13.9. The number of aliphatic carboxylic acids is 2. The van der Waals surface area contributed by atoms with E-state index in [1.54, 1.807) is 47.6 Å². The number of amides is 6. The molecule has 0 bridgehead atoms. The molecule has 7 N–H and O–H groups in total. The summed E-state index contributed by atoms with van der Waals surface area (Å²) in [5, 5.41) is 31.8. The normalized spacial score (nSPS) is 20.9. The molecule has 3 rings (SSSR count). The SMILES string of the molecule is CC(C)CC(NC(=O)C(C)(C)C1NC(=O)[C@@H](C)N1C(=O)/C=C/CCC(C)C1OC1c1ccc(CNC(=O)C(C)NC(=O)[C@@H](NC(=O)CCCC(=O)O)C(C)C)cc1)C(=O)O. The Balaban J connectivity index is 1.46. The monoisotopic (exact) mass is 840 g/mol. The molecule has 17 heteroatoms. The summed E-state index contributed by atoms with van der Waals surface area (Å²) in [4.78, 5) is 101. The van der Waals surface area contributed by atoms with Crippen molar-refractivity contribution in [2.75, 3.05) is 0 Å². The van der Waals surface area contributed by atoms with E-state index in [4.69, 9.17) is 9.84 Å². The molecule has 0 radical (unpaired) electrons. The summed E-state index contributed by atoms with van der Waals surface area (Å²) in [7, 11) is 0. The standard InChI is InChI=1S/C43H64N6O11/c1-23(2)21-30(40(57)58)46-42(59)43(8,9)41-48-38(55)27(7)49(41)32(51)15-11-10-13-25(5)35-36(60-35)29-19-17-28(18-20-29)22-44-37(54)26(6)45-39(56)34(24(3)4)47-31(50)14-12-16-33(52)53/h11,15,17-20,23-27,30,34-36,41H,10,12-14,16,21-22H2,1-9H3,(H,44,54)(H,45,56)(H,46,59)(H,47,50)(H,48,55)(H,52,53)(H,57,58)/b15-11+/t25?,26?,27-,30?,34+,35?,36?,41?/m1/s1. The fraction of sp³-hybridized carbons (Fsp3) is 0.628. The number of carboxylic acids is 2. The number of nitrogens with zero attached hydrogens (tertiary/aromatic N) is 1. The molecule has 1 aromatic rings. The predicted octanol–water partition coefficient (Wildman–Crippen LogP) is 2.93. The molecule has 0 aromatic heterocycles. The van der Waals surface area contributed by atoms with E-state index in [9.17, 15) is 43.5 Å². The number of carbonyl (C=O) groups is 8. The molecule has 17 nitrogen and oxygen atoms in total. The first-order valence-corrected chi connectivity index (χ1v) is 20.7. The van der Waals surface area contributed by atoms with Gasteiger partial charge in [0.25, 0.3) is 0 Å². The van der Waals surface area contributed by atoms with Crippen molar-refractivity contribution in [2.24, 2.45) is 23.2 Å². The fourth-order valence-electron chi connectivity index (χ4n) is 7.02. The summed E-state index contributed by atoms with van der Waals surface area (Å²) in [5.74, 6) is -5.05. The molecule has 0 aliphatic carbocycles. The van der Waals surface area contributed by atoms with Gasteiger partial charge >= 0.3 is 11.9 Å². The zero-order valence-electron chi connectivity index (χ0n) is 36.2.